The molecule has 2 N–H and O–H groups in total. The van der Waals surface area contributed by atoms with Crippen molar-refractivity contribution in [1.82, 2.24) is 19.7 Å². The van der Waals surface area contributed by atoms with E-state index in [-0.39, 0.29) is 17.1 Å². The predicted molar refractivity (Wildman–Crippen MR) is 135 cm³/mol. The molecule has 1 aliphatic heterocycles. The topological polar surface area (TPSA) is 100 Å². The van der Waals surface area contributed by atoms with Crippen LogP contribution in [0, 0.1) is 5.92 Å². The van der Waals surface area contributed by atoms with E-state index in [0.29, 0.717) is 17.6 Å². The Morgan fingerprint density at radius 2 is 1.91 bits per heavy atom. The number of hydrogen-bond acceptors (Lipinski definition) is 7. The highest BCUT2D eigenvalue weighted by Crippen LogP contribution is 2.37. The van der Waals surface area contributed by atoms with E-state index in [1.807, 2.05) is 24.3 Å². The Kier molecular flexibility index (Phi) is 6.86. The Hall–Kier alpha value is -3.04. The molecule has 0 spiro atoms. The fraction of sp³-hybridized carbons (Fsp3) is 0.400. The number of nitrogens with zero attached hydrogens (tertiary/aromatic N) is 4. The molecule has 1 aliphatic rings. The van der Waals surface area contributed by atoms with Gasteiger partial charge < -0.3 is 10.2 Å². The van der Waals surface area contributed by atoms with Gasteiger partial charge in [0.1, 0.15) is 17.5 Å². The number of sulfonamides is 1. The van der Waals surface area contributed by atoms with Gasteiger partial charge in [0.05, 0.1) is 0 Å². The van der Waals surface area contributed by atoms with Crippen molar-refractivity contribution >= 4 is 27.5 Å². The van der Waals surface area contributed by atoms with E-state index in [1.165, 1.54) is 6.07 Å². The molecule has 34 heavy (non-hydrogen) atoms. The summed E-state index contributed by atoms with van der Waals surface area (Å²) >= 11 is 0. The minimum absolute atomic E-state index is 0.0356. The van der Waals surface area contributed by atoms with Crippen LogP contribution in [0.2, 0.25) is 0 Å². The van der Waals surface area contributed by atoms with Crippen LogP contribution in [0.15, 0.2) is 59.9 Å². The van der Waals surface area contributed by atoms with Crippen LogP contribution in [0.25, 0.3) is 0 Å². The van der Waals surface area contributed by atoms with Crippen LogP contribution in [0.4, 0.5) is 17.5 Å². The van der Waals surface area contributed by atoms with Gasteiger partial charge in [0.15, 0.2) is 5.03 Å². The van der Waals surface area contributed by atoms with Gasteiger partial charge in [-0.1, -0.05) is 26.0 Å². The lowest BCUT2D eigenvalue weighted by Crippen LogP contribution is -2.39. The monoisotopic (exact) mass is 480 g/mol. The van der Waals surface area contributed by atoms with E-state index in [9.17, 15) is 8.42 Å². The highest BCUT2D eigenvalue weighted by Gasteiger charge is 2.38. The molecule has 1 fully saturated rings. The van der Waals surface area contributed by atoms with E-state index in [4.69, 9.17) is 0 Å². The Morgan fingerprint density at radius 1 is 1.09 bits per heavy atom. The van der Waals surface area contributed by atoms with Gasteiger partial charge in [-0.25, -0.2) is 28.1 Å². The molecular formula is C25H32N6O2S. The largest absolute Gasteiger partial charge is 0.351 e. The molecule has 1 unspecified atom stereocenters. The highest BCUT2D eigenvalue weighted by molar-refractivity contribution is 7.89. The Labute approximate surface area is 201 Å². The summed E-state index contributed by atoms with van der Waals surface area (Å²) in [6.45, 7) is 9.72. The van der Waals surface area contributed by atoms with E-state index >= 15 is 0 Å². The minimum atomic E-state index is -3.83. The van der Waals surface area contributed by atoms with Crippen molar-refractivity contribution in [2.24, 2.45) is 5.92 Å². The minimum Gasteiger partial charge on any atom is -0.351 e. The predicted octanol–water partition coefficient (Wildman–Crippen LogP) is 4.28. The molecule has 4 heterocycles. The van der Waals surface area contributed by atoms with Crippen molar-refractivity contribution in [1.29, 1.82) is 0 Å². The molecule has 0 radical (unpaired) electrons. The van der Waals surface area contributed by atoms with Crippen molar-refractivity contribution < 1.29 is 8.42 Å². The van der Waals surface area contributed by atoms with Crippen molar-refractivity contribution in [3.63, 3.8) is 0 Å². The molecule has 1 saturated heterocycles. The van der Waals surface area contributed by atoms with Crippen LogP contribution in [0.1, 0.15) is 45.2 Å². The van der Waals surface area contributed by atoms with Crippen LogP contribution in [0.3, 0.4) is 0 Å². The molecule has 3 aromatic heterocycles. The number of pyridine rings is 3. The summed E-state index contributed by atoms with van der Waals surface area (Å²) in [7, 11) is -3.83. The number of aromatic nitrogens is 3. The van der Waals surface area contributed by atoms with E-state index in [2.05, 4.69) is 57.6 Å². The molecule has 1 atom stereocenters. The molecule has 8 nitrogen and oxygen atoms in total. The van der Waals surface area contributed by atoms with Gasteiger partial charge in [0.2, 0.25) is 0 Å². The van der Waals surface area contributed by atoms with E-state index < -0.39 is 10.0 Å². The molecule has 180 valence electrons. The number of aryl methyl sites for hydroxylation is 1. The molecule has 0 aromatic carbocycles. The first-order valence-corrected chi connectivity index (χ1v) is 13.1. The highest BCUT2D eigenvalue weighted by atomic mass is 32.2. The van der Waals surface area contributed by atoms with Gasteiger partial charge in [-0.3, -0.25) is 0 Å². The standard InChI is InChI=1S/C25H32N6O2S/c1-5-19-11-13-26-22(14-19)29-21-9-6-10-23(30-21)34(32,33)28-16-20-8-7-12-27-24(20)31-17-18(2)15-25(31,3)4/h6-14,18,28H,5,15-17H2,1-4H3,(H,26,29,30). The lowest BCUT2D eigenvalue weighted by molar-refractivity contribution is 0.485. The summed E-state index contributed by atoms with van der Waals surface area (Å²) in [6, 6.07) is 12.5. The van der Waals surface area contributed by atoms with Gasteiger partial charge in [-0.15, -0.1) is 0 Å². The smallest absolute Gasteiger partial charge is 0.258 e. The zero-order valence-corrected chi connectivity index (χ0v) is 20.9. The number of nitrogens with one attached hydrogen (secondary N) is 2. The second kappa shape index (κ2) is 9.68. The fourth-order valence-electron chi connectivity index (χ4n) is 4.55. The normalized spacial score (nSPS) is 17.6. The van der Waals surface area contributed by atoms with E-state index in [1.54, 1.807) is 24.5 Å². The van der Waals surface area contributed by atoms with Crippen molar-refractivity contribution in [3.05, 3.63) is 66.0 Å². The molecule has 9 heteroatoms. The summed E-state index contributed by atoms with van der Waals surface area (Å²) in [6.07, 6.45) is 5.42. The van der Waals surface area contributed by atoms with Gasteiger partial charge in [-0.2, -0.15) is 0 Å². The third kappa shape index (κ3) is 5.37. The van der Waals surface area contributed by atoms with Crippen LogP contribution < -0.4 is 14.9 Å². The lowest BCUT2D eigenvalue weighted by atomic mass is 9.97. The average molecular weight is 481 g/mol. The number of anilines is 3. The van der Waals surface area contributed by atoms with Gasteiger partial charge in [0, 0.05) is 36.6 Å². The van der Waals surface area contributed by atoms with Gasteiger partial charge in [-0.05, 0) is 68.5 Å². The first kappa shape index (κ1) is 24.1. The summed E-state index contributed by atoms with van der Waals surface area (Å²) in [5.41, 5.74) is 1.93. The third-order valence-corrected chi connectivity index (χ3v) is 7.44. The second-order valence-electron chi connectivity index (χ2n) is 9.43. The summed E-state index contributed by atoms with van der Waals surface area (Å²) < 4.78 is 28.8. The molecule has 0 amide bonds. The molecule has 3 aromatic rings. The Balaban J connectivity index is 1.51. The van der Waals surface area contributed by atoms with Crippen molar-refractivity contribution in [2.45, 2.75) is 57.6 Å². The maximum Gasteiger partial charge on any atom is 0.258 e. The molecule has 0 aliphatic carbocycles. The maximum absolute atomic E-state index is 13.1. The Morgan fingerprint density at radius 3 is 2.65 bits per heavy atom. The quantitative estimate of drug-likeness (QED) is 0.496. The van der Waals surface area contributed by atoms with Gasteiger partial charge >= 0.3 is 0 Å². The third-order valence-electron chi connectivity index (χ3n) is 6.14. The summed E-state index contributed by atoms with van der Waals surface area (Å²) in [4.78, 5) is 15.5. The second-order valence-corrected chi connectivity index (χ2v) is 11.1. The lowest BCUT2D eigenvalue weighted by Gasteiger charge is -2.34. The van der Waals surface area contributed by atoms with Crippen LogP contribution in [0.5, 0.6) is 0 Å². The fourth-order valence-corrected chi connectivity index (χ4v) is 5.51. The summed E-state index contributed by atoms with van der Waals surface area (Å²) in [5.74, 6) is 2.41. The number of rotatable bonds is 8. The maximum atomic E-state index is 13.1. The molecule has 0 bridgehead atoms. The number of hydrogen-bond donors (Lipinski definition) is 2. The van der Waals surface area contributed by atoms with Crippen LogP contribution in [-0.4, -0.2) is 35.5 Å². The molecule has 4 rings (SSSR count). The van der Waals surface area contributed by atoms with Crippen LogP contribution in [-0.2, 0) is 23.0 Å². The van der Waals surface area contributed by atoms with Crippen molar-refractivity contribution in [3.8, 4) is 0 Å². The zero-order valence-electron chi connectivity index (χ0n) is 20.1. The Bertz CT molecular complexity index is 1260. The van der Waals surface area contributed by atoms with Crippen molar-refractivity contribution in [2.75, 3.05) is 16.8 Å². The SMILES string of the molecule is CCc1ccnc(Nc2cccc(S(=O)(=O)NCc3cccnc3N3CC(C)CC3(C)C)n2)c1. The van der Waals surface area contributed by atoms with Gasteiger partial charge in [0.25, 0.3) is 10.0 Å². The zero-order chi connectivity index (χ0) is 24.3. The summed E-state index contributed by atoms with van der Waals surface area (Å²) in [5, 5.41) is 3.04. The first-order valence-electron chi connectivity index (χ1n) is 11.6. The first-order chi connectivity index (χ1) is 16.2. The average Bonchev–Trinajstić information content (AvgIpc) is 3.10. The van der Waals surface area contributed by atoms with E-state index in [0.717, 1.165) is 36.3 Å². The van der Waals surface area contributed by atoms with Crippen LogP contribution >= 0.6 is 0 Å². The molecule has 0 saturated carbocycles. The molecular weight excluding hydrogens is 448 g/mol.